The number of anilines is 3. The summed E-state index contributed by atoms with van der Waals surface area (Å²) < 4.78 is 18.6. The standard InChI is InChI=1S/C37H22N2O3/c1-2-9-23(10-3-1)39(24-17-19-32-28(21-24)26-11-4-6-14-31(26)40-32)25-18-20-33-29(22-25)36-27(12-8-16-35(36)41-33)37-38-30-13-5-7-15-34(30)42-37/h1-22H. The van der Waals surface area contributed by atoms with E-state index >= 15 is 0 Å². The lowest BCUT2D eigenvalue weighted by Gasteiger charge is -2.25. The molecule has 0 spiro atoms. The fraction of sp³-hybridized carbons (Fsp3) is 0. The summed E-state index contributed by atoms with van der Waals surface area (Å²) in [6, 6.07) is 45.1. The molecular weight excluding hydrogens is 520 g/mol. The molecule has 5 nitrogen and oxygen atoms in total. The van der Waals surface area contributed by atoms with Gasteiger partial charge in [-0.15, -0.1) is 0 Å². The first-order valence-electron chi connectivity index (χ1n) is 13.9. The maximum Gasteiger partial charge on any atom is 0.228 e. The molecule has 198 valence electrons. The molecule has 0 aliphatic heterocycles. The van der Waals surface area contributed by atoms with Gasteiger partial charge >= 0.3 is 0 Å². The van der Waals surface area contributed by atoms with E-state index in [0.717, 1.165) is 77.6 Å². The fourth-order valence-electron chi connectivity index (χ4n) is 6.00. The number of aromatic nitrogens is 1. The van der Waals surface area contributed by atoms with E-state index in [9.17, 15) is 0 Å². The number of furan rings is 2. The summed E-state index contributed by atoms with van der Waals surface area (Å²) in [6.45, 7) is 0. The Kier molecular flexibility index (Phi) is 4.83. The highest BCUT2D eigenvalue weighted by Crippen LogP contribution is 2.43. The Bertz CT molecular complexity index is 2400. The molecule has 0 unspecified atom stereocenters. The highest BCUT2D eigenvalue weighted by Gasteiger charge is 2.20. The van der Waals surface area contributed by atoms with Crippen LogP contribution in [0.5, 0.6) is 0 Å². The Balaban J connectivity index is 1.27. The molecule has 0 N–H and O–H groups in total. The molecular formula is C37H22N2O3. The van der Waals surface area contributed by atoms with Crippen molar-refractivity contribution in [2.45, 2.75) is 0 Å². The van der Waals surface area contributed by atoms with Crippen molar-refractivity contribution >= 4 is 72.0 Å². The van der Waals surface area contributed by atoms with Gasteiger partial charge in [0, 0.05) is 44.2 Å². The number of rotatable bonds is 4. The molecule has 9 rings (SSSR count). The van der Waals surface area contributed by atoms with Crippen molar-refractivity contribution < 1.29 is 13.3 Å². The van der Waals surface area contributed by atoms with E-state index in [4.69, 9.17) is 18.2 Å². The number of oxazole rings is 1. The lowest BCUT2D eigenvalue weighted by atomic mass is 10.0. The molecule has 0 fully saturated rings. The summed E-state index contributed by atoms with van der Waals surface area (Å²) in [5, 5.41) is 4.15. The van der Waals surface area contributed by atoms with Crippen LogP contribution in [0.4, 0.5) is 17.1 Å². The minimum atomic E-state index is 0.576. The number of hydrogen-bond donors (Lipinski definition) is 0. The van der Waals surface area contributed by atoms with Gasteiger partial charge in [0.2, 0.25) is 5.89 Å². The number of benzene rings is 6. The predicted octanol–water partition coefficient (Wildman–Crippen LogP) is 10.8. The second kappa shape index (κ2) is 8.85. The van der Waals surface area contributed by atoms with E-state index < -0.39 is 0 Å². The van der Waals surface area contributed by atoms with Gasteiger partial charge in [0.25, 0.3) is 0 Å². The summed E-state index contributed by atoms with van der Waals surface area (Å²) in [7, 11) is 0. The van der Waals surface area contributed by atoms with Crippen LogP contribution in [0.2, 0.25) is 0 Å². The van der Waals surface area contributed by atoms with Crippen LogP contribution in [-0.4, -0.2) is 4.98 Å². The third kappa shape index (κ3) is 3.47. The second-order valence-electron chi connectivity index (χ2n) is 10.4. The van der Waals surface area contributed by atoms with Crippen LogP contribution < -0.4 is 4.90 Å². The molecule has 42 heavy (non-hydrogen) atoms. The highest BCUT2D eigenvalue weighted by molar-refractivity contribution is 6.13. The van der Waals surface area contributed by atoms with Gasteiger partial charge in [0.05, 0.1) is 0 Å². The van der Waals surface area contributed by atoms with Crippen LogP contribution in [0.25, 0.3) is 66.4 Å². The first-order chi connectivity index (χ1) is 20.8. The summed E-state index contributed by atoms with van der Waals surface area (Å²) >= 11 is 0. The van der Waals surface area contributed by atoms with Crippen LogP contribution in [0, 0.1) is 0 Å². The van der Waals surface area contributed by atoms with E-state index in [1.165, 1.54) is 0 Å². The van der Waals surface area contributed by atoms with E-state index in [1.54, 1.807) is 0 Å². The van der Waals surface area contributed by atoms with Crippen LogP contribution >= 0.6 is 0 Å². The van der Waals surface area contributed by atoms with E-state index in [-0.39, 0.29) is 0 Å². The van der Waals surface area contributed by atoms with Crippen LogP contribution in [0.15, 0.2) is 147 Å². The summed E-state index contributed by atoms with van der Waals surface area (Å²) in [5.74, 6) is 0.576. The lowest BCUT2D eigenvalue weighted by molar-refractivity contribution is 0.620. The molecule has 0 radical (unpaired) electrons. The third-order valence-corrected chi connectivity index (χ3v) is 7.89. The average Bonchev–Trinajstić information content (AvgIpc) is 3.74. The Morgan fingerprint density at radius 3 is 1.90 bits per heavy atom. The van der Waals surface area contributed by atoms with Gasteiger partial charge in [-0.25, -0.2) is 4.98 Å². The maximum atomic E-state index is 6.33. The zero-order valence-corrected chi connectivity index (χ0v) is 22.3. The van der Waals surface area contributed by atoms with Crippen LogP contribution in [0.3, 0.4) is 0 Å². The largest absolute Gasteiger partial charge is 0.456 e. The van der Waals surface area contributed by atoms with Crippen molar-refractivity contribution in [3.05, 3.63) is 133 Å². The Hall–Kier alpha value is -5.81. The Labute approximate surface area is 239 Å². The highest BCUT2D eigenvalue weighted by atomic mass is 16.4. The fourth-order valence-corrected chi connectivity index (χ4v) is 6.00. The van der Waals surface area contributed by atoms with E-state index in [1.807, 2.05) is 72.8 Å². The molecule has 5 heteroatoms. The molecule has 9 aromatic rings. The number of hydrogen-bond acceptors (Lipinski definition) is 5. The van der Waals surface area contributed by atoms with Crippen LogP contribution in [-0.2, 0) is 0 Å². The van der Waals surface area contributed by atoms with Crippen molar-refractivity contribution in [1.29, 1.82) is 0 Å². The van der Waals surface area contributed by atoms with Gasteiger partial charge in [0.15, 0.2) is 5.58 Å². The zero-order valence-electron chi connectivity index (χ0n) is 22.3. The average molecular weight is 543 g/mol. The van der Waals surface area contributed by atoms with Gasteiger partial charge in [-0.2, -0.15) is 0 Å². The quantitative estimate of drug-likeness (QED) is 0.221. The van der Waals surface area contributed by atoms with E-state index in [2.05, 4.69) is 65.6 Å². The lowest BCUT2D eigenvalue weighted by Crippen LogP contribution is -2.09. The molecule has 3 heterocycles. The number of para-hydroxylation sites is 4. The first-order valence-corrected chi connectivity index (χ1v) is 13.9. The van der Waals surface area contributed by atoms with Gasteiger partial charge in [-0.1, -0.05) is 54.6 Å². The summed E-state index contributed by atoms with van der Waals surface area (Å²) in [4.78, 5) is 7.06. The third-order valence-electron chi connectivity index (χ3n) is 7.89. The monoisotopic (exact) mass is 542 g/mol. The molecule has 0 saturated heterocycles. The Morgan fingerprint density at radius 1 is 0.429 bits per heavy atom. The summed E-state index contributed by atoms with van der Waals surface area (Å²) in [5.41, 5.74) is 8.93. The Morgan fingerprint density at radius 2 is 1.07 bits per heavy atom. The molecule has 0 atom stereocenters. The minimum Gasteiger partial charge on any atom is -0.456 e. The van der Waals surface area contributed by atoms with Crippen molar-refractivity contribution in [3.63, 3.8) is 0 Å². The predicted molar refractivity (Wildman–Crippen MR) is 169 cm³/mol. The van der Waals surface area contributed by atoms with Crippen molar-refractivity contribution in [3.8, 4) is 11.5 Å². The molecule has 0 aliphatic rings. The zero-order chi connectivity index (χ0) is 27.6. The molecule has 0 aliphatic carbocycles. The normalized spacial score (nSPS) is 11.8. The van der Waals surface area contributed by atoms with Crippen molar-refractivity contribution in [1.82, 2.24) is 4.98 Å². The molecule has 6 aromatic carbocycles. The molecule has 0 saturated carbocycles. The van der Waals surface area contributed by atoms with Crippen molar-refractivity contribution in [2.24, 2.45) is 0 Å². The van der Waals surface area contributed by atoms with Gasteiger partial charge in [-0.3, -0.25) is 0 Å². The van der Waals surface area contributed by atoms with E-state index in [0.29, 0.717) is 5.89 Å². The number of fused-ring (bicyclic) bond motifs is 7. The van der Waals surface area contributed by atoms with Crippen molar-refractivity contribution in [2.75, 3.05) is 4.90 Å². The SMILES string of the molecule is c1ccc(N(c2ccc3oc4ccccc4c3c2)c2ccc3oc4cccc(-c5nc6ccccc6o5)c4c3c2)cc1. The number of nitrogens with zero attached hydrogens (tertiary/aromatic N) is 2. The first kappa shape index (κ1) is 22.9. The topological polar surface area (TPSA) is 55.6 Å². The molecule has 0 amide bonds. The smallest absolute Gasteiger partial charge is 0.228 e. The second-order valence-corrected chi connectivity index (χ2v) is 10.4. The van der Waals surface area contributed by atoms with Gasteiger partial charge in [0.1, 0.15) is 27.8 Å². The molecule has 3 aromatic heterocycles. The van der Waals surface area contributed by atoms with Crippen LogP contribution in [0.1, 0.15) is 0 Å². The van der Waals surface area contributed by atoms with Gasteiger partial charge < -0.3 is 18.2 Å². The molecule has 0 bridgehead atoms. The summed E-state index contributed by atoms with van der Waals surface area (Å²) in [6.07, 6.45) is 0. The van der Waals surface area contributed by atoms with Gasteiger partial charge in [-0.05, 0) is 78.9 Å². The minimum absolute atomic E-state index is 0.576. The maximum absolute atomic E-state index is 6.33.